The fraction of sp³-hybridized carbons (Fsp3) is 0.312. The molecule has 0 spiro atoms. The molecule has 0 radical (unpaired) electrons. The lowest BCUT2D eigenvalue weighted by molar-refractivity contribution is -0.377. The molecule has 8 heteroatoms. The summed E-state index contributed by atoms with van der Waals surface area (Å²) in [5, 5.41) is 3.26. The maximum Gasteiger partial charge on any atom is 0.274 e. The Hall–Kier alpha value is -2.05. The summed E-state index contributed by atoms with van der Waals surface area (Å²) in [5.74, 6) is 1.11. The minimum Gasteiger partial charge on any atom is -0.491 e. The Balaban J connectivity index is 1.79. The van der Waals surface area contributed by atoms with Crippen LogP contribution < -0.4 is 19.8 Å². The number of aromatic amines is 1. The van der Waals surface area contributed by atoms with Crippen molar-refractivity contribution < 1.29 is 19.3 Å². The van der Waals surface area contributed by atoms with Crippen LogP contribution >= 0.6 is 23.2 Å². The van der Waals surface area contributed by atoms with E-state index in [4.69, 9.17) is 32.7 Å². The number of carbonyl (C=O) groups excluding carboxylic acids is 1. The van der Waals surface area contributed by atoms with Crippen LogP contribution in [0.5, 0.6) is 11.5 Å². The average molecular weight is 369 g/mol. The number of aromatic nitrogens is 2. The van der Waals surface area contributed by atoms with Gasteiger partial charge in [-0.1, -0.05) is 23.2 Å². The zero-order valence-electron chi connectivity index (χ0n) is 12.9. The van der Waals surface area contributed by atoms with Crippen molar-refractivity contribution in [1.82, 2.24) is 4.98 Å². The molecule has 0 saturated heterocycles. The van der Waals surface area contributed by atoms with Crippen LogP contribution in [0.4, 0.5) is 5.69 Å². The van der Waals surface area contributed by atoms with Gasteiger partial charge in [-0.05, 0) is 18.8 Å². The summed E-state index contributed by atoms with van der Waals surface area (Å²) < 4.78 is 11.0. The van der Waals surface area contributed by atoms with Crippen LogP contribution in [-0.2, 0) is 0 Å². The second-order valence-electron chi connectivity index (χ2n) is 5.46. The Morgan fingerprint density at radius 3 is 2.67 bits per heavy atom. The first-order chi connectivity index (χ1) is 11.6. The van der Waals surface area contributed by atoms with Crippen molar-refractivity contribution in [3.8, 4) is 11.5 Å². The van der Waals surface area contributed by atoms with Crippen LogP contribution in [0.15, 0.2) is 24.7 Å². The van der Waals surface area contributed by atoms with E-state index in [2.05, 4.69) is 15.3 Å². The number of anilines is 1. The van der Waals surface area contributed by atoms with E-state index in [0.29, 0.717) is 39.8 Å². The van der Waals surface area contributed by atoms with Gasteiger partial charge in [0.05, 0.1) is 25.6 Å². The van der Waals surface area contributed by atoms with E-state index in [-0.39, 0.29) is 5.69 Å². The Kier molecular flexibility index (Phi) is 5.06. The van der Waals surface area contributed by atoms with Crippen LogP contribution in [-0.4, -0.2) is 24.6 Å². The van der Waals surface area contributed by atoms with Crippen LogP contribution in [0, 0.1) is 5.92 Å². The van der Waals surface area contributed by atoms with Gasteiger partial charge in [0.25, 0.3) is 5.91 Å². The molecular weight excluding hydrogens is 353 g/mol. The molecule has 0 atom stereocenters. The van der Waals surface area contributed by atoms with Crippen molar-refractivity contribution in [2.75, 3.05) is 19.0 Å². The van der Waals surface area contributed by atoms with Gasteiger partial charge in [-0.3, -0.25) is 4.79 Å². The normalized spacial score (nSPS) is 13.5. The summed E-state index contributed by atoms with van der Waals surface area (Å²) in [6.07, 6.45) is 6.84. The predicted molar refractivity (Wildman–Crippen MR) is 90.0 cm³/mol. The number of hydrogen-bond acceptors (Lipinski definition) is 4. The molecule has 0 aromatic carbocycles. The van der Waals surface area contributed by atoms with Crippen molar-refractivity contribution in [1.29, 1.82) is 0 Å². The lowest BCUT2D eigenvalue weighted by atomic mass is 10.3. The third-order valence-electron chi connectivity index (χ3n) is 3.59. The molecule has 3 rings (SSSR count). The number of rotatable bonds is 6. The number of carbonyl (C=O) groups is 1. The molecular formula is C16H16Cl2N3O3+. The van der Waals surface area contributed by atoms with Gasteiger partial charge in [0.2, 0.25) is 0 Å². The van der Waals surface area contributed by atoms with Gasteiger partial charge in [0.15, 0.2) is 23.9 Å². The SMILES string of the molecule is COc1cnc(C(=O)Nc2c(Cl)c[nH+]cc2Cl)cc1OCC1CC1. The highest BCUT2D eigenvalue weighted by Crippen LogP contribution is 2.33. The smallest absolute Gasteiger partial charge is 0.274 e. The molecule has 126 valence electrons. The fourth-order valence-corrected chi connectivity index (χ4v) is 2.52. The summed E-state index contributed by atoms with van der Waals surface area (Å²) in [7, 11) is 1.53. The number of pyridine rings is 2. The highest BCUT2D eigenvalue weighted by molar-refractivity contribution is 6.39. The second-order valence-corrected chi connectivity index (χ2v) is 6.27. The van der Waals surface area contributed by atoms with Gasteiger partial charge in [-0.15, -0.1) is 0 Å². The van der Waals surface area contributed by atoms with Crippen molar-refractivity contribution in [3.63, 3.8) is 0 Å². The number of ether oxygens (including phenoxy) is 2. The molecule has 1 saturated carbocycles. The third kappa shape index (κ3) is 3.88. The summed E-state index contributed by atoms with van der Waals surface area (Å²) in [6.45, 7) is 0.605. The Morgan fingerprint density at radius 1 is 1.33 bits per heavy atom. The van der Waals surface area contributed by atoms with E-state index < -0.39 is 5.91 Å². The van der Waals surface area contributed by atoms with Crippen LogP contribution in [0.1, 0.15) is 23.3 Å². The number of H-pyrrole nitrogens is 1. The Morgan fingerprint density at radius 2 is 2.04 bits per heavy atom. The number of halogens is 2. The van der Waals surface area contributed by atoms with Crippen LogP contribution in [0.25, 0.3) is 0 Å². The standard InChI is InChI=1S/C16H15Cl2N3O3/c1-23-14-7-20-12(4-13(14)24-8-9-2-3-9)16(22)21-15-10(17)5-19-6-11(15)18/h4-7,9H,2-3,8H2,1H3,(H,19,21,22)/p+1. The van der Waals surface area contributed by atoms with Gasteiger partial charge >= 0.3 is 0 Å². The van der Waals surface area contributed by atoms with E-state index in [1.165, 1.54) is 38.5 Å². The summed E-state index contributed by atoms with van der Waals surface area (Å²) in [6, 6.07) is 1.55. The van der Waals surface area contributed by atoms with Gasteiger partial charge in [-0.25, -0.2) is 9.97 Å². The van der Waals surface area contributed by atoms with Crippen LogP contribution in [0.2, 0.25) is 10.0 Å². The molecule has 24 heavy (non-hydrogen) atoms. The molecule has 1 fully saturated rings. The van der Waals surface area contributed by atoms with E-state index >= 15 is 0 Å². The van der Waals surface area contributed by atoms with E-state index in [9.17, 15) is 4.79 Å². The molecule has 6 nitrogen and oxygen atoms in total. The number of nitrogens with one attached hydrogen (secondary N) is 2. The van der Waals surface area contributed by atoms with Gasteiger partial charge < -0.3 is 14.8 Å². The van der Waals surface area contributed by atoms with E-state index in [0.717, 1.165) is 0 Å². The molecule has 2 aromatic heterocycles. The minimum atomic E-state index is -0.441. The van der Waals surface area contributed by atoms with Gasteiger partial charge in [-0.2, -0.15) is 0 Å². The molecule has 2 heterocycles. The molecule has 0 bridgehead atoms. The maximum absolute atomic E-state index is 12.4. The quantitative estimate of drug-likeness (QED) is 0.848. The topological polar surface area (TPSA) is 74.6 Å². The maximum atomic E-state index is 12.4. The summed E-state index contributed by atoms with van der Waals surface area (Å²) >= 11 is 12.1. The Bertz CT molecular complexity index is 746. The van der Waals surface area contributed by atoms with E-state index in [1.54, 1.807) is 6.07 Å². The van der Waals surface area contributed by atoms with Crippen LogP contribution in [0.3, 0.4) is 0 Å². The molecule has 1 aliphatic rings. The summed E-state index contributed by atoms with van der Waals surface area (Å²) in [5.41, 5.74) is 0.502. The highest BCUT2D eigenvalue weighted by Gasteiger charge is 2.23. The second kappa shape index (κ2) is 7.23. The van der Waals surface area contributed by atoms with Crippen molar-refractivity contribution in [2.45, 2.75) is 12.8 Å². The number of methoxy groups -OCH3 is 1. The lowest BCUT2D eigenvalue weighted by Gasteiger charge is -2.12. The zero-order chi connectivity index (χ0) is 17.1. The number of amides is 1. The fourth-order valence-electron chi connectivity index (χ4n) is 2.05. The largest absolute Gasteiger partial charge is 0.491 e. The monoisotopic (exact) mass is 368 g/mol. The number of nitrogens with zero attached hydrogens (tertiary/aromatic N) is 1. The zero-order valence-corrected chi connectivity index (χ0v) is 14.4. The molecule has 1 amide bonds. The highest BCUT2D eigenvalue weighted by atomic mass is 35.5. The Labute approximate surface area is 149 Å². The van der Waals surface area contributed by atoms with Crippen molar-refractivity contribution in [3.05, 3.63) is 40.4 Å². The third-order valence-corrected chi connectivity index (χ3v) is 4.19. The summed E-state index contributed by atoms with van der Waals surface area (Å²) in [4.78, 5) is 19.3. The molecule has 0 unspecified atom stereocenters. The first-order valence-corrected chi connectivity index (χ1v) is 8.17. The number of hydrogen-bond donors (Lipinski definition) is 1. The molecule has 2 N–H and O–H groups in total. The first-order valence-electron chi connectivity index (χ1n) is 7.41. The predicted octanol–water partition coefficient (Wildman–Crippen LogP) is 3.25. The van der Waals surface area contributed by atoms with Crippen molar-refractivity contribution >= 4 is 34.8 Å². The van der Waals surface area contributed by atoms with Crippen molar-refractivity contribution in [2.24, 2.45) is 5.92 Å². The molecule has 0 aliphatic heterocycles. The minimum absolute atomic E-state index is 0.182. The lowest BCUT2D eigenvalue weighted by Crippen LogP contribution is -2.16. The van der Waals surface area contributed by atoms with Gasteiger partial charge in [0, 0.05) is 6.07 Å². The average Bonchev–Trinajstić information content (AvgIpc) is 3.40. The first kappa shape index (κ1) is 16.8. The van der Waals surface area contributed by atoms with E-state index in [1.807, 2.05) is 0 Å². The van der Waals surface area contributed by atoms with Gasteiger partial charge in [0.1, 0.15) is 15.7 Å². The molecule has 1 aliphatic carbocycles. The molecule has 2 aromatic rings.